The van der Waals surface area contributed by atoms with Crippen molar-refractivity contribution in [1.82, 2.24) is 9.97 Å². The molecule has 0 atom stereocenters. The summed E-state index contributed by atoms with van der Waals surface area (Å²) in [6.07, 6.45) is 1.45. The van der Waals surface area contributed by atoms with Crippen molar-refractivity contribution < 1.29 is 27.5 Å². The second-order valence-corrected chi connectivity index (χ2v) is 7.73. The van der Waals surface area contributed by atoms with Gasteiger partial charge in [-0.05, 0) is 30.3 Å². The summed E-state index contributed by atoms with van der Waals surface area (Å²) in [6, 6.07) is 8.91. The lowest BCUT2D eigenvalue weighted by molar-refractivity contribution is -0.116. The first-order valence-corrected chi connectivity index (χ1v) is 10.7. The van der Waals surface area contributed by atoms with Gasteiger partial charge in [-0.25, -0.2) is 18.7 Å². The van der Waals surface area contributed by atoms with Crippen molar-refractivity contribution in [3.63, 3.8) is 0 Å². The van der Waals surface area contributed by atoms with Gasteiger partial charge in [0.05, 0.1) is 31.7 Å². The normalized spacial score (nSPS) is 10.8. The van der Waals surface area contributed by atoms with Crippen molar-refractivity contribution in [3.8, 4) is 34.1 Å². The van der Waals surface area contributed by atoms with Gasteiger partial charge in [-0.15, -0.1) is 11.3 Å². The van der Waals surface area contributed by atoms with Crippen LogP contribution in [0.4, 0.5) is 13.9 Å². The van der Waals surface area contributed by atoms with E-state index in [9.17, 15) is 13.6 Å². The number of halogens is 2. The molecular weight excluding hydrogens is 452 g/mol. The number of rotatable bonds is 8. The molecule has 1 amide bonds. The number of carbonyl (C=O) groups is 1. The first-order chi connectivity index (χ1) is 16.0. The van der Waals surface area contributed by atoms with E-state index in [4.69, 9.17) is 13.9 Å². The Labute approximate surface area is 192 Å². The summed E-state index contributed by atoms with van der Waals surface area (Å²) < 4.78 is 43.9. The van der Waals surface area contributed by atoms with E-state index in [1.165, 1.54) is 23.6 Å². The van der Waals surface area contributed by atoms with Crippen molar-refractivity contribution >= 4 is 22.4 Å². The summed E-state index contributed by atoms with van der Waals surface area (Å²) in [6.45, 7) is 0. The lowest BCUT2D eigenvalue weighted by Crippen LogP contribution is -2.12. The quantitative estimate of drug-likeness (QED) is 0.374. The number of anilines is 1. The van der Waals surface area contributed by atoms with Gasteiger partial charge >= 0.3 is 0 Å². The van der Waals surface area contributed by atoms with Crippen LogP contribution in [-0.2, 0) is 11.2 Å². The molecule has 0 bridgehead atoms. The lowest BCUT2D eigenvalue weighted by atomic mass is 10.1. The van der Waals surface area contributed by atoms with Gasteiger partial charge in [0.25, 0.3) is 0 Å². The van der Waals surface area contributed by atoms with Gasteiger partial charge in [0.1, 0.15) is 23.1 Å². The minimum atomic E-state index is -0.748. The van der Waals surface area contributed by atoms with E-state index >= 15 is 0 Å². The Kier molecular flexibility index (Phi) is 6.64. The van der Waals surface area contributed by atoms with Crippen LogP contribution >= 0.6 is 11.3 Å². The molecule has 0 fully saturated rings. The number of thiazole rings is 1. The molecule has 7 nitrogen and oxygen atoms in total. The van der Waals surface area contributed by atoms with Crippen LogP contribution in [0, 0.1) is 11.6 Å². The fraction of sp³-hybridized carbons (Fsp3) is 0.174. The van der Waals surface area contributed by atoms with Gasteiger partial charge in [-0.3, -0.25) is 4.79 Å². The van der Waals surface area contributed by atoms with E-state index in [0.29, 0.717) is 22.3 Å². The summed E-state index contributed by atoms with van der Waals surface area (Å²) in [5, 5.41) is 4.95. The van der Waals surface area contributed by atoms with Gasteiger partial charge in [-0.2, -0.15) is 0 Å². The maximum absolute atomic E-state index is 13.9. The predicted octanol–water partition coefficient (Wildman–Crippen LogP) is 5.33. The van der Waals surface area contributed by atoms with Gasteiger partial charge in [0, 0.05) is 23.8 Å². The first-order valence-electron chi connectivity index (χ1n) is 9.85. The molecule has 2 heterocycles. The van der Waals surface area contributed by atoms with E-state index in [1.54, 1.807) is 37.8 Å². The number of hydrogen-bond acceptors (Lipinski definition) is 7. The SMILES string of the molecule is COc1ccc(OC)c(-c2csc(NC(=O)CCc3ncc(-c4c(F)cccc4F)o3)n2)c1. The Hall–Kier alpha value is -3.79. The monoisotopic (exact) mass is 471 g/mol. The Morgan fingerprint density at radius 1 is 1.15 bits per heavy atom. The summed E-state index contributed by atoms with van der Waals surface area (Å²) in [7, 11) is 3.14. The standard InChI is InChI=1S/C23H19F2N3O4S/c1-30-13-6-7-18(31-2)14(10-13)17-12-33-23(27-17)28-20(29)8-9-21-26-11-19(32-21)22-15(24)4-3-5-16(22)25/h3-7,10-12H,8-9H2,1-2H3,(H,27,28,29). The molecule has 170 valence electrons. The van der Waals surface area contributed by atoms with Crippen molar-refractivity contribution in [3.05, 3.63) is 65.5 Å². The molecule has 10 heteroatoms. The van der Waals surface area contributed by atoms with E-state index < -0.39 is 11.6 Å². The molecule has 2 aromatic carbocycles. The highest BCUT2D eigenvalue weighted by molar-refractivity contribution is 7.14. The van der Waals surface area contributed by atoms with Crippen LogP contribution in [0.15, 0.2) is 52.4 Å². The summed E-state index contributed by atoms with van der Waals surface area (Å²) in [5.41, 5.74) is 1.08. The molecule has 0 saturated heterocycles. The molecule has 4 rings (SSSR count). The topological polar surface area (TPSA) is 86.5 Å². The van der Waals surface area contributed by atoms with E-state index in [2.05, 4.69) is 15.3 Å². The minimum absolute atomic E-state index is 0.0298. The molecule has 1 N–H and O–H groups in total. The average Bonchev–Trinajstić information content (AvgIpc) is 3.47. The molecule has 2 aromatic heterocycles. The van der Waals surface area contributed by atoms with Gasteiger partial charge < -0.3 is 19.2 Å². The van der Waals surface area contributed by atoms with Crippen molar-refractivity contribution in [2.75, 3.05) is 19.5 Å². The third-order valence-electron chi connectivity index (χ3n) is 4.76. The highest BCUT2D eigenvalue weighted by Gasteiger charge is 2.17. The summed E-state index contributed by atoms with van der Waals surface area (Å²) in [4.78, 5) is 20.8. The van der Waals surface area contributed by atoms with Crippen LogP contribution in [0.3, 0.4) is 0 Å². The second-order valence-electron chi connectivity index (χ2n) is 6.87. The Morgan fingerprint density at radius 2 is 1.94 bits per heavy atom. The summed E-state index contributed by atoms with van der Waals surface area (Å²) in [5.74, 6) is -0.341. The molecule has 0 spiro atoms. The Balaban J connectivity index is 1.39. The zero-order valence-electron chi connectivity index (χ0n) is 17.7. The van der Waals surface area contributed by atoms with Crippen LogP contribution in [0.1, 0.15) is 12.3 Å². The highest BCUT2D eigenvalue weighted by Crippen LogP contribution is 2.35. The van der Waals surface area contributed by atoms with Gasteiger partial charge in [0.2, 0.25) is 5.91 Å². The van der Waals surface area contributed by atoms with Crippen LogP contribution in [0.5, 0.6) is 11.5 Å². The van der Waals surface area contributed by atoms with Crippen molar-refractivity contribution in [1.29, 1.82) is 0 Å². The number of aromatic nitrogens is 2. The third-order valence-corrected chi connectivity index (χ3v) is 5.52. The first kappa shape index (κ1) is 22.4. The van der Waals surface area contributed by atoms with E-state index in [0.717, 1.165) is 17.7 Å². The maximum Gasteiger partial charge on any atom is 0.226 e. The number of carbonyl (C=O) groups excluding carboxylic acids is 1. The second kappa shape index (κ2) is 9.78. The van der Waals surface area contributed by atoms with Crippen LogP contribution < -0.4 is 14.8 Å². The molecular formula is C23H19F2N3O4S. The van der Waals surface area contributed by atoms with Gasteiger partial charge in [0.15, 0.2) is 16.8 Å². The predicted molar refractivity (Wildman–Crippen MR) is 119 cm³/mol. The van der Waals surface area contributed by atoms with E-state index in [-0.39, 0.29) is 36.0 Å². The third kappa shape index (κ3) is 5.01. The molecule has 0 radical (unpaired) electrons. The molecule has 0 aliphatic heterocycles. The molecule has 0 saturated carbocycles. The number of benzene rings is 2. The molecule has 33 heavy (non-hydrogen) atoms. The minimum Gasteiger partial charge on any atom is -0.497 e. The zero-order valence-corrected chi connectivity index (χ0v) is 18.5. The number of ether oxygens (including phenoxy) is 2. The highest BCUT2D eigenvalue weighted by atomic mass is 32.1. The molecule has 4 aromatic rings. The maximum atomic E-state index is 13.9. The van der Waals surface area contributed by atoms with Crippen molar-refractivity contribution in [2.45, 2.75) is 12.8 Å². The van der Waals surface area contributed by atoms with E-state index in [1.807, 2.05) is 0 Å². The molecule has 0 aliphatic carbocycles. The number of amides is 1. The number of oxazole rings is 1. The number of methoxy groups -OCH3 is 2. The lowest BCUT2D eigenvalue weighted by Gasteiger charge is -2.08. The summed E-state index contributed by atoms with van der Waals surface area (Å²) >= 11 is 1.27. The van der Waals surface area contributed by atoms with Crippen LogP contribution in [0.2, 0.25) is 0 Å². The Morgan fingerprint density at radius 3 is 2.67 bits per heavy atom. The molecule has 0 unspecified atom stereocenters. The average molecular weight is 471 g/mol. The number of nitrogens with zero attached hydrogens (tertiary/aromatic N) is 2. The molecule has 0 aliphatic rings. The largest absolute Gasteiger partial charge is 0.497 e. The number of nitrogens with one attached hydrogen (secondary N) is 1. The van der Waals surface area contributed by atoms with Gasteiger partial charge in [-0.1, -0.05) is 6.07 Å². The van der Waals surface area contributed by atoms with Crippen LogP contribution in [0.25, 0.3) is 22.6 Å². The van der Waals surface area contributed by atoms with Crippen LogP contribution in [-0.4, -0.2) is 30.1 Å². The fourth-order valence-corrected chi connectivity index (χ4v) is 3.87. The number of hydrogen-bond donors (Lipinski definition) is 1. The fourth-order valence-electron chi connectivity index (χ4n) is 3.15. The zero-order chi connectivity index (χ0) is 23.4. The Bertz CT molecular complexity index is 1270. The van der Waals surface area contributed by atoms with Crippen molar-refractivity contribution in [2.24, 2.45) is 0 Å². The smallest absolute Gasteiger partial charge is 0.226 e. The number of aryl methyl sites for hydroxylation is 1.